The van der Waals surface area contributed by atoms with Gasteiger partial charge in [0.25, 0.3) is 0 Å². The summed E-state index contributed by atoms with van der Waals surface area (Å²) in [5, 5.41) is 0. The highest BCUT2D eigenvalue weighted by Crippen LogP contribution is 2.51. The van der Waals surface area contributed by atoms with Gasteiger partial charge in [0.05, 0.1) is 5.92 Å². The minimum absolute atomic E-state index is 0.0164. The molecule has 1 heterocycles. The third-order valence-electron chi connectivity index (χ3n) is 6.01. The molecule has 0 bridgehead atoms. The molecule has 1 saturated carbocycles. The second-order valence-corrected chi connectivity index (χ2v) is 8.63. The normalized spacial score (nSPS) is 31.2. The fourth-order valence-electron chi connectivity index (χ4n) is 4.98. The molecule has 0 amide bonds. The molecule has 1 aliphatic carbocycles. The van der Waals surface area contributed by atoms with E-state index in [4.69, 9.17) is 9.47 Å². The minimum atomic E-state index is -0.806. The number of carbonyl (C=O) groups is 2. The van der Waals surface area contributed by atoms with Crippen molar-refractivity contribution >= 4 is 12.3 Å². The zero-order chi connectivity index (χ0) is 18.4. The quantitative estimate of drug-likeness (QED) is 0.591. The van der Waals surface area contributed by atoms with Gasteiger partial charge in [-0.05, 0) is 48.1 Å². The highest BCUT2D eigenvalue weighted by molar-refractivity contribution is 5.86. The Balaban J connectivity index is 2.22. The first-order valence-electron chi connectivity index (χ1n) is 9.08. The Morgan fingerprint density at radius 1 is 1.20 bits per heavy atom. The number of benzene rings is 1. The Kier molecular flexibility index (Phi) is 4.52. The van der Waals surface area contributed by atoms with Crippen LogP contribution in [0.25, 0.3) is 0 Å². The van der Waals surface area contributed by atoms with Gasteiger partial charge in [0.2, 0.25) is 6.29 Å². The molecule has 4 nitrogen and oxygen atoms in total. The lowest BCUT2D eigenvalue weighted by atomic mass is 9.60. The molecule has 3 atom stereocenters. The van der Waals surface area contributed by atoms with E-state index in [1.807, 2.05) is 19.1 Å². The monoisotopic (exact) mass is 344 g/mol. The number of aldehydes is 1. The summed E-state index contributed by atoms with van der Waals surface area (Å²) < 4.78 is 10.8. The van der Waals surface area contributed by atoms with Crippen molar-refractivity contribution in [1.82, 2.24) is 0 Å². The van der Waals surface area contributed by atoms with Crippen LogP contribution in [-0.4, -0.2) is 19.4 Å². The Bertz CT molecular complexity index is 706. The maximum Gasteiger partial charge on any atom is 0.315 e. The third-order valence-corrected chi connectivity index (χ3v) is 6.01. The summed E-state index contributed by atoms with van der Waals surface area (Å²) in [6.07, 6.45) is 4.55. The SMILES string of the molecule is CO[C@H]1OC(=O)C(C)c2c([C@@]3(C)CCCC(C)(C)C3)ccc(C=O)c21. The zero-order valence-electron chi connectivity index (χ0n) is 15.8. The molecule has 0 saturated heterocycles. The fourth-order valence-corrected chi connectivity index (χ4v) is 4.98. The Hall–Kier alpha value is -1.68. The lowest BCUT2D eigenvalue weighted by Gasteiger charge is -2.45. The molecule has 0 spiro atoms. The maximum atomic E-state index is 12.4. The van der Waals surface area contributed by atoms with Gasteiger partial charge in [0.15, 0.2) is 6.29 Å². The number of esters is 1. The molecule has 25 heavy (non-hydrogen) atoms. The number of fused-ring (bicyclic) bond motifs is 1. The average Bonchev–Trinajstić information content (AvgIpc) is 2.55. The summed E-state index contributed by atoms with van der Waals surface area (Å²) in [7, 11) is 1.50. The average molecular weight is 344 g/mol. The van der Waals surface area contributed by atoms with E-state index in [1.54, 1.807) is 0 Å². The van der Waals surface area contributed by atoms with Gasteiger partial charge in [-0.1, -0.05) is 39.3 Å². The minimum Gasteiger partial charge on any atom is -0.431 e. The molecule has 1 fully saturated rings. The van der Waals surface area contributed by atoms with Gasteiger partial charge in [-0.3, -0.25) is 9.59 Å². The third kappa shape index (κ3) is 3.01. The van der Waals surface area contributed by atoms with Crippen molar-refractivity contribution in [3.8, 4) is 0 Å². The standard InChI is InChI=1S/C21H28O4/c1-13-16-15(21(4)10-6-9-20(2,3)12-21)8-7-14(11-22)17(16)19(24-5)25-18(13)23/h7-8,11,13,19H,6,9-10,12H2,1-5H3/t13?,19-,21-/m0/s1. The van der Waals surface area contributed by atoms with Crippen LogP contribution in [0.3, 0.4) is 0 Å². The predicted octanol–water partition coefficient (Wildman–Crippen LogP) is 4.66. The van der Waals surface area contributed by atoms with Gasteiger partial charge in [-0.2, -0.15) is 0 Å². The predicted molar refractivity (Wildman–Crippen MR) is 95.7 cm³/mol. The van der Waals surface area contributed by atoms with Gasteiger partial charge in [-0.15, -0.1) is 0 Å². The lowest BCUT2D eigenvalue weighted by molar-refractivity contribution is -0.180. The summed E-state index contributed by atoms with van der Waals surface area (Å²) in [5.41, 5.74) is 3.63. The molecule has 3 rings (SSSR count). The molecule has 2 aliphatic rings. The molecule has 1 aromatic carbocycles. The van der Waals surface area contributed by atoms with Crippen LogP contribution in [0.15, 0.2) is 12.1 Å². The van der Waals surface area contributed by atoms with Crippen molar-refractivity contribution in [2.75, 3.05) is 7.11 Å². The van der Waals surface area contributed by atoms with E-state index in [0.717, 1.165) is 30.3 Å². The van der Waals surface area contributed by atoms with Crippen LogP contribution in [0, 0.1) is 5.41 Å². The smallest absolute Gasteiger partial charge is 0.315 e. The summed E-state index contributed by atoms with van der Waals surface area (Å²) in [5.74, 6) is -0.680. The molecular formula is C21H28O4. The van der Waals surface area contributed by atoms with E-state index in [9.17, 15) is 9.59 Å². The molecule has 136 valence electrons. The summed E-state index contributed by atoms with van der Waals surface area (Å²) in [6.45, 7) is 8.78. The molecule has 0 aromatic heterocycles. The number of cyclic esters (lactones) is 1. The van der Waals surface area contributed by atoms with Crippen LogP contribution in [0.2, 0.25) is 0 Å². The number of hydrogen-bond donors (Lipinski definition) is 0. The summed E-state index contributed by atoms with van der Waals surface area (Å²) in [4.78, 5) is 24.0. The van der Waals surface area contributed by atoms with E-state index in [2.05, 4.69) is 20.8 Å². The summed E-state index contributed by atoms with van der Waals surface area (Å²) >= 11 is 0. The number of rotatable bonds is 3. The molecule has 1 aliphatic heterocycles. The van der Waals surface area contributed by atoms with Crippen LogP contribution in [0.4, 0.5) is 0 Å². The zero-order valence-corrected chi connectivity index (χ0v) is 15.8. The van der Waals surface area contributed by atoms with Gasteiger partial charge < -0.3 is 9.47 Å². The summed E-state index contributed by atoms with van der Waals surface area (Å²) in [6, 6.07) is 3.90. The number of hydrogen-bond acceptors (Lipinski definition) is 4. The number of methoxy groups -OCH3 is 1. The van der Waals surface area contributed by atoms with Crippen LogP contribution < -0.4 is 0 Å². The van der Waals surface area contributed by atoms with Crippen LogP contribution in [-0.2, 0) is 19.7 Å². The highest BCUT2D eigenvalue weighted by atomic mass is 16.7. The largest absolute Gasteiger partial charge is 0.431 e. The molecule has 0 radical (unpaired) electrons. The van der Waals surface area contributed by atoms with Gasteiger partial charge in [-0.25, -0.2) is 0 Å². The first-order chi connectivity index (χ1) is 11.7. The Morgan fingerprint density at radius 3 is 2.52 bits per heavy atom. The molecule has 4 heteroatoms. The maximum absolute atomic E-state index is 12.4. The van der Waals surface area contributed by atoms with Crippen molar-refractivity contribution in [3.63, 3.8) is 0 Å². The Labute approximate surface area is 149 Å². The van der Waals surface area contributed by atoms with E-state index < -0.39 is 12.2 Å². The van der Waals surface area contributed by atoms with E-state index in [0.29, 0.717) is 5.56 Å². The first kappa shape index (κ1) is 18.1. The second-order valence-electron chi connectivity index (χ2n) is 8.63. The van der Waals surface area contributed by atoms with E-state index in [1.165, 1.54) is 25.5 Å². The topological polar surface area (TPSA) is 52.6 Å². The Morgan fingerprint density at radius 2 is 1.92 bits per heavy atom. The number of carbonyl (C=O) groups excluding carboxylic acids is 2. The second kappa shape index (κ2) is 6.24. The highest BCUT2D eigenvalue weighted by Gasteiger charge is 2.43. The first-order valence-corrected chi connectivity index (χ1v) is 9.08. The van der Waals surface area contributed by atoms with Crippen LogP contribution in [0.5, 0.6) is 0 Å². The number of ether oxygens (including phenoxy) is 2. The van der Waals surface area contributed by atoms with Crippen LogP contribution in [0.1, 0.15) is 92.6 Å². The van der Waals surface area contributed by atoms with Crippen molar-refractivity contribution in [2.45, 2.75) is 71.0 Å². The van der Waals surface area contributed by atoms with E-state index in [-0.39, 0.29) is 16.8 Å². The van der Waals surface area contributed by atoms with Crippen LogP contribution >= 0.6 is 0 Å². The lowest BCUT2D eigenvalue weighted by Crippen LogP contribution is -2.37. The van der Waals surface area contributed by atoms with Crippen molar-refractivity contribution < 1.29 is 19.1 Å². The van der Waals surface area contributed by atoms with Gasteiger partial charge in [0, 0.05) is 18.2 Å². The van der Waals surface area contributed by atoms with Gasteiger partial charge in [0.1, 0.15) is 0 Å². The van der Waals surface area contributed by atoms with Gasteiger partial charge >= 0.3 is 5.97 Å². The van der Waals surface area contributed by atoms with Crippen molar-refractivity contribution in [1.29, 1.82) is 0 Å². The van der Waals surface area contributed by atoms with E-state index >= 15 is 0 Å². The molecule has 0 N–H and O–H groups in total. The van der Waals surface area contributed by atoms with Crippen molar-refractivity contribution in [2.24, 2.45) is 5.41 Å². The molecule has 1 unspecified atom stereocenters. The molecule has 1 aromatic rings. The molecular weight excluding hydrogens is 316 g/mol. The van der Waals surface area contributed by atoms with Crippen molar-refractivity contribution in [3.05, 3.63) is 34.4 Å². The fraction of sp³-hybridized carbons (Fsp3) is 0.619.